The number of hydrogen-bond donors (Lipinski definition) is 3. The maximum absolute atomic E-state index is 11.6. The van der Waals surface area contributed by atoms with Crippen molar-refractivity contribution >= 4 is 11.8 Å². The molecule has 0 unspecified atom stereocenters. The average Bonchev–Trinajstić information content (AvgIpc) is 3.22. The van der Waals surface area contributed by atoms with Crippen LogP contribution in [0.5, 0.6) is 0 Å². The number of carbonyl (C=O) groups excluding carboxylic acids is 2. The highest BCUT2D eigenvalue weighted by atomic mass is 16.2. The number of nitrogens with zero attached hydrogens (tertiary/aromatic N) is 1. The molecule has 0 saturated heterocycles. The third-order valence-electron chi connectivity index (χ3n) is 2.91. The first-order valence-corrected chi connectivity index (χ1v) is 6.40. The zero-order chi connectivity index (χ0) is 14.5. The highest BCUT2D eigenvalue weighted by Gasteiger charge is 2.28. The number of H-pyrrole nitrogens is 1. The van der Waals surface area contributed by atoms with E-state index in [1.807, 2.05) is 0 Å². The smallest absolute Gasteiger partial charge is 0.328 e. The van der Waals surface area contributed by atoms with Gasteiger partial charge in [0.15, 0.2) is 0 Å². The van der Waals surface area contributed by atoms with Crippen molar-refractivity contribution in [2.45, 2.75) is 19.4 Å². The fourth-order valence-electron chi connectivity index (χ4n) is 1.66. The van der Waals surface area contributed by atoms with Crippen LogP contribution in [0.4, 0.5) is 0 Å². The van der Waals surface area contributed by atoms with Crippen molar-refractivity contribution < 1.29 is 9.59 Å². The lowest BCUT2D eigenvalue weighted by atomic mass is 10.4. The molecular weight excluding hydrogens is 264 g/mol. The van der Waals surface area contributed by atoms with E-state index in [9.17, 15) is 19.2 Å². The molecule has 1 aromatic heterocycles. The van der Waals surface area contributed by atoms with E-state index < -0.39 is 11.2 Å². The van der Waals surface area contributed by atoms with Crippen molar-refractivity contribution in [2.24, 2.45) is 5.92 Å². The van der Waals surface area contributed by atoms with Crippen molar-refractivity contribution in [1.82, 2.24) is 20.2 Å². The fourth-order valence-corrected chi connectivity index (χ4v) is 1.66. The minimum Gasteiger partial charge on any atom is -0.354 e. The number of nitrogens with one attached hydrogen (secondary N) is 3. The van der Waals surface area contributed by atoms with Gasteiger partial charge in [0.2, 0.25) is 11.8 Å². The van der Waals surface area contributed by atoms with Gasteiger partial charge in [0, 0.05) is 31.3 Å². The SMILES string of the molecule is O=C(Cn1ccc(=O)[nH]c1=O)NCCNC(=O)C1CC1. The van der Waals surface area contributed by atoms with E-state index in [0.29, 0.717) is 13.1 Å². The van der Waals surface area contributed by atoms with E-state index in [2.05, 4.69) is 15.6 Å². The van der Waals surface area contributed by atoms with Gasteiger partial charge in [-0.05, 0) is 12.8 Å². The summed E-state index contributed by atoms with van der Waals surface area (Å²) >= 11 is 0. The Kier molecular flexibility index (Phi) is 4.34. The normalized spacial score (nSPS) is 13.8. The molecule has 108 valence electrons. The number of aromatic nitrogens is 2. The Balaban J connectivity index is 1.70. The van der Waals surface area contributed by atoms with E-state index in [4.69, 9.17) is 0 Å². The minimum atomic E-state index is -0.630. The van der Waals surface area contributed by atoms with Crippen LogP contribution in [-0.2, 0) is 16.1 Å². The second kappa shape index (κ2) is 6.18. The Hall–Kier alpha value is -2.38. The second-order valence-corrected chi connectivity index (χ2v) is 4.65. The Morgan fingerprint density at radius 1 is 1.25 bits per heavy atom. The molecule has 1 aromatic rings. The lowest BCUT2D eigenvalue weighted by Gasteiger charge is -2.07. The van der Waals surface area contributed by atoms with E-state index in [-0.39, 0.29) is 24.3 Å². The molecule has 0 atom stereocenters. The third-order valence-corrected chi connectivity index (χ3v) is 2.91. The first kappa shape index (κ1) is 14.0. The van der Waals surface area contributed by atoms with Crippen LogP contribution in [0, 0.1) is 5.92 Å². The summed E-state index contributed by atoms with van der Waals surface area (Å²) in [4.78, 5) is 47.1. The molecule has 1 heterocycles. The Labute approximate surface area is 114 Å². The van der Waals surface area contributed by atoms with Gasteiger partial charge in [-0.15, -0.1) is 0 Å². The van der Waals surface area contributed by atoms with E-state index >= 15 is 0 Å². The maximum Gasteiger partial charge on any atom is 0.328 e. The Bertz CT molecular complexity index is 614. The summed E-state index contributed by atoms with van der Waals surface area (Å²) in [5.74, 6) is -0.193. The molecular formula is C12H16N4O4. The van der Waals surface area contributed by atoms with Gasteiger partial charge in [0.1, 0.15) is 6.54 Å². The van der Waals surface area contributed by atoms with Crippen molar-refractivity contribution in [3.63, 3.8) is 0 Å². The number of carbonyl (C=O) groups is 2. The van der Waals surface area contributed by atoms with Gasteiger partial charge in [0.25, 0.3) is 5.56 Å². The predicted octanol–water partition coefficient (Wildman–Crippen LogP) is -1.82. The van der Waals surface area contributed by atoms with E-state index in [1.165, 1.54) is 12.3 Å². The van der Waals surface area contributed by atoms with E-state index in [1.54, 1.807) is 0 Å². The molecule has 3 N–H and O–H groups in total. The van der Waals surface area contributed by atoms with Crippen LogP contribution in [0.2, 0.25) is 0 Å². The lowest BCUT2D eigenvalue weighted by molar-refractivity contribution is -0.123. The van der Waals surface area contributed by atoms with Crippen LogP contribution >= 0.6 is 0 Å². The number of amides is 2. The molecule has 0 aromatic carbocycles. The lowest BCUT2D eigenvalue weighted by Crippen LogP contribution is -2.39. The molecule has 1 aliphatic carbocycles. The molecule has 1 fully saturated rings. The quantitative estimate of drug-likeness (QED) is 0.532. The van der Waals surface area contributed by atoms with Crippen LogP contribution in [0.15, 0.2) is 21.9 Å². The van der Waals surface area contributed by atoms with E-state index in [0.717, 1.165) is 17.4 Å². The minimum absolute atomic E-state index is 0.0242. The second-order valence-electron chi connectivity index (χ2n) is 4.65. The third kappa shape index (κ3) is 4.08. The van der Waals surface area contributed by atoms with Gasteiger partial charge in [-0.1, -0.05) is 0 Å². The van der Waals surface area contributed by atoms with Crippen LogP contribution in [0.3, 0.4) is 0 Å². The van der Waals surface area contributed by atoms with Crippen molar-refractivity contribution in [2.75, 3.05) is 13.1 Å². The summed E-state index contributed by atoms with van der Waals surface area (Å²) < 4.78 is 1.10. The van der Waals surface area contributed by atoms with Crippen molar-refractivity contribution in [3.05, 3.63) is 33.1 Å². The molecule has 20 heavy (non-hydrogen) atoms. The number of hydrogen-bond acceptors (Lipinski definition) is 4. The molecule has 0 bridgehead atoms. The Morgan fingerprint density at radius 3 is 2.60 bits per heavy atom. The zero-order valence-electron chi connectivity index (χ0n) is 10.8. The fraction of sp³-hybridized carbons (Fsp3) is 0.500. The monoisotopic (exact) mass is 280 g/mol. The van der Waals surface area contributed by atoms with Gasteiger partial charge in [-0.3, -0.25) is 23.9 Å². The van der Waals surface area contributed by atoms with Crippen LogP contribution < -0.4 is 21.9 Å². The Morgan fingerprint density at radius 2 is 1.95 bits per heavy atom. The van der Waals surface area contributed by atoms with Crippen LogP contribution in [0.25, 0.3) is 0 Å². The summed E-state index contributed by atoms with van der Waals surface area (Å²) in [5.41, 5.74) is -1.14. The van der Waals surface area contributed by atoms with Gasteiger partial charge < -0.3 is 10.6 Å². The highest BCUT2D eigenvalue weighted by molar-refractivity contribution is 5.81. The first-order chi connectivity index (χ1) is 9.56. The van der Waals surface area contributed by atoms with Crippen LogP contribution in [0.1, 0.15) is 12.8 Å². The first-order valence-electron chi connectivity index (χ1n) is 6.40. The molecule has 1 aliphatic rings. The largest absolute Gasteiger partial charge is 0.354 e. The molecule has 0 aliphatic heterocycles. The number of rotatable bonds is 6. The topological polar surface area (TPSA) is 113 Å². The molecule has 2 amide bonds. The van der Waals surface area contributed by atoms with Crippen molar-refractivity contribution in [1.29, 1.82) is 0 Å². The van der Waals surface area contributed by atoms with Gasteiger partial charge in [0.05, 0.1) is 0 Å². The summed E-state index contributed by atoms with van der Waals surface area (Å²) in [7, 11) is 0. The van der Waals surface area contributed by atoms with Gasteiger partial charge in [-0.2, -0.15) is 0 Å². The summed E-state index contributed by atoms with van der Waals surface area (Å²) in [5, 5.41) is 5.30. The molecule has 2 rings (SSSR count). The van der Waals surface area contributed by atoms with Crippen molar-refractivity contribution in [3.8, 4) is 0 Å². The summed E-state index contributed by atoms with van der Waals surface area (Å²) in [6.45, 7) is 0.489. The molecule has 1 saturated carbocycles. The zero-order valence-corrected chi connectivity index (χ0v) is 10.8. The molecule has 0 spiro atoms. The predicted molar refractivity (Wildman–Crippen MR) is 70.1 cm³/mol. The number of aromatic amines is 1. The van der Waals surface area contributed by atoms with Crippen LogP contribution in [-0.4, -0.2) is 34.5 Å². The molecule has 8 heteroatoms. The molecule has 0 radical (unpaired) electrons. The summed E-state index contributed by atoms with van der Waals surface area (Å²) in [6.07, 6.45) is 3.14. The van der Waals surface area contributed by atoms with Gasteiger partial charge >= 0.3 is 5.69 Å². The van der Waals surface area contributed by atoms with Gasteiger partial charge in [-0.25, -0.2) is 4.79 Å². The highest BCUT2D eigenvalue weighted by Crippen LogP contribution is 2.28. The summed E-state index contributed by atoms with van der Waals surface area (Å²) in [6, 6.07) is 1.17. The standard InChI is InChI=1S/C12H16N4O4/c17-9-3-6-16(12(20)15-9)7-10(18)13-4-5-14-11(19)8-1-2-8/h3,6,8H,1-2,4-5,7H2,(H,13,18)(H,14,19)(H,15,17,20). The molecule has 8 nitrogen and oxygen atoms in total. The maximum atomic E-state index is 11.6. The average molecular weight is 280 g/mol.